The van der Waals surface area contributed by atoms with Gasteiger partial charge in [0, 0.05) is 0 Å². The summed E-state index contributed by atoms with van der Waals surface area (Å²) in [5.41, 5.74) is 5.07. The fraction of sp³-hybridized carbons (Fsp3) is 0.294. The van der Waals surface area contributed by atoms with Crippen molar-refractivity contribution in [2.24, 2.45) is 0 Å². The van der Waals surface area contributed by atoms with Crippen molar-refractivity contribution in [3.05, 3.63) is 60.7 Å². The first-order valence-corrected chi connectivity index (χ1v) is 8.82. The first-order chi connectivity index (χ1) is 9.65. The first-order valence-electron chi connectivity index (χ1n) is 6.97. The van der Waals surface area contributed by atoms with E-state index >= 15 is 0 Å². The maximum absolute atomic E-state index is 3.67. The van der Waals surface area contributed by atoms with Gasteiger partial charge in [-0.3, -0.25) is 0 Å². The Bertz CT molecular complexity index is 554. The van der Waals surface area contributed by atoms with Crippen molar-refractivity contribution in [1.29, 1.82) is 0 Å². The summed E-state index contributed by atoms with van der Waals surface area (Å²) in [6, 6.07) is 21.5. The average molecular weight is 331 g/mol. The number of benzene rings is 2. The molecule has 3 heteroatoms. The molecular formula is C17H20N2Se. The van der Waals surface area contributed by atoms with Crippen molar-refractivity contribution in [3.8, 4) is 0 Å². The zero-order chi connectivity index (χ0) is 14.0. The fourth-order valence-electron chi connectivity index (χ4n) is 2.49. The van der Waals surface area contributed by atoms with Gasteiger partial charge in [-0.25, -0.2) is 0 Å². The van der Waals surface area contributed by atoms with Crippen molar-refractivity contribution in [1.82, 2.24) is 5.43 Å². The van der Waals surface area contributed by atoms with Gasteiger partial charge in [0.15, 0.2) is 0 Å². The summed E-state index contributed by atoms with van der Waals surface area (Å²) in [4.78, 5) is 0.664. The van der Waals surface area contributed by atoms with Gasteiger partial charge in [0.1, 0.15) is 0 Å². The van der Waals surface area contributed by atoms with Crippen molar-refractivity contribution in [2.45, 2.75) is 24.2 Å². The van der Waals surface area contributed by atoms with Crippen LogP contribution in [0.3, 0.4) is 0 Å². The van der Waals surface area contributed by atoms with Crippen LogP contribution >= 0.6 is 0 Å². The monoisotopic (exact) mass is 332 g/mol. The number of nitrogens with zero attached hydrogens (tertiary/aromatic N) is 1. The molecule has 1 heterocycles. The minimum absolute atomic E-state index is 0.145. The number of para-hydroxylation sites is 1. The Morgan fingerprint density at radius 2 is 1.60 bits per heavy atom. The number of anilines is 1. The summed E-state index contributed by atoms with van der Waals surface area (Å²) >= 11 is 0.487. The molecule has 0 amide bonds. The van der Waals surface area contributed by atoms with Crippen LogP contribution in [-0.4, -0.2) is 27.0 Å². The Balaban J connectivity index is 1.76. The third-order valence-corrected chi connectivity index (χ3v) is 6.95. The van der Waals surface area contributed by atoms with Gasteiger partial charge < -0.3 is 0 Å². The zero-order valence-electron chi connectivity index (χ0n) is 11.9. The first kappa shape index (κ1) is 13.7. The van der Waals surface area contributed by atoms with Crippen LogP contribution in [0.4, 0.5) is 5.69 Å². The van der Waals surface area contributed by atoms with Crippen LogP contribution in [0.2, 0.25) is 4.82 Å². The molecule has 2 aromatic carbocycles. The summed E-state index contributed by atoms with van der Waals surface area (Å²) in [6.07, 6.45) is 0. The molecule has 0 aliphatic carbocycles. The predicted octanol–water partition coefficient (Wildman–Crippen LogP) is 2.61. The molecule has 1 aliphatic rings. The van der Waals surface area contributed by atoms with Crippen molar-refractivity contribution in [3.63, 3.8) is 0 Å². The molecule has 1 atom stereocenters. The minimum atomic E-state index is 0.145. The number of hydrogen-bond acceptors (Lipinski definition) is 2. The SMILES string of the molecule is CC1(C)NN(c2ccccc2)CC1[Se]c1ccccc1. The van der Waals surface area contributed by atoms with Gasteiger partial charge in [-0.15, -0.1) is 0 Å². The van der Waals surface area contributed by atoms with Gasteiger partial charge in [-0.2, -0.15) is 0 Å². The number of nitrogens with one attached hydrogen (secondary N) is 1. The molecule has 1 N–H and O–H groups in total. The molecule has 2 aromatic rings. The third-order valence-electron chi connectivity index (χ3n) is 3.67. The molecule has 0 aromatic heterocycles. The average Bonchev–Trinajstić information content (AvgIpc) is 2.76. The van der Waals surface area contributed by atoms with Crippen LogP contribution in [0.15, 0.2) is 60.7 Å². The molecule has 20 heavy (non-hydrogen) atoms. The van der Waals surface area contributed by atoms with E-state index in [0.717, 1.165) is 6.54 Å². The molecular weight excluding hydrogens is 311 g/mol. The summed E-state index contributed by atoms with van der Waals surface area (Å²) in [7, 11) is 0. The van der Waals surface area contributed by atoms with Crippen LogP contribution in [0.1, 0.15) is 13.8 Å². The van der Waals surface area contributed by atoms with Gasteiger partial charge in [0.05, 0.1) is 0 Å². The summed E-state index contributed by atoms with van der Waals surface area (Å²) in [6.45, 7) is 5.70. The molecule has 3 rings (SSSR count). The second-order valence-electron chi connectivity index (χ2n) is 5.70. The van der Waals surface area contributed by atoms with Crippen molar-refractivity contribution < 1.29 is 0 Å². The molecule has 0 saturated carbocycles. The van der Waals surface area contributed by atoms with Crippen LogP contribution in [0.25, 0.3) is 0 Å². The quantitative estimate of drug-likeness (QED) is 0.870. The molecule has 1 aliphatic heterocycles. The van der Waals surface area contributed by atoms with Gasteiger partial charge in [0.2, 0.25) is 0 Å². The molecule has 0 radical (unpaired) electrons. The van der Waals surface area contributed by atoms with Crippen LogP contribution in [-0.2, 0) is 0 Å². The van der Waals surface area contributed by atoms with E-state index in [9.17, 15) is 0 Å². The van der Waals surface area contributed by atoms with E-state index in [1.807, 2.05) is 0 Å². The number of hydrogen-bond donors (Lipinski definition) is 1. The number of hydrazine groups is 1. The van der Waals surface area contributed by atoms with Crippen molar-refractivity contribution in [2.75, 3.05) is 11.6 Å². The van der Waals surface area contributed by atoms with Crippen molar-refractivity contribution >= 4 is 25.1 Å². The number of rotatable bonds is 3. The second kappa shape index (κ2) is 5.61. The van der Waals surface area contributed by atoms with Gasteiger partial charge >= 0.3 is 127 Å². The Hall–Kier alpha value is -1.28. The Morgan fingerprint density at radius 3 is 2.25 bits per heavy atom. The van der Waals surface area contributed by atoms with Gasteiger partial charge in [-0.1, -0.05) is 0 Å². The molecule has 1 saturated heterocycles. The second-order valence-corrected chi connectivity index (χ2v) is 8.38. The van der Waals surface area contributed by atoms with Gasteiger partial charge in [0.25, 0.3) is 0 Å². The van der Waals surface area contributed by atoms with E-state index in [1.54, 1.807) is 0 Å². The Morgan fingerprint density at radius 1 is 1.00 bits per heavy atom. The van der Waals surface area contributed by atoms with E-state index in [-0.39, 0.29) is 5.54 Å². The molecule has 1 fully saturated rings. The molecule has 0 bridgehead atoms. The Kier molecular flexibility index (Phi) is 3.84. The van der Waals surface area contributed by atoms with E-state index < -0.39 is 0 Å². The predicted molar refractivity (Wildman–Crippen MR) is 86.6 cm³/mol. The summed E-state index contributed by atoms with van der Waals surface area (Å²) in [5.74, 6) is 0. The summed E-state index contributed by atoms with van der Waals surface area (Å²) in [5, 5.41) is 2.30. The third kappa shape index (κ3) is 2.90. The molecule has 104 valence electrons. The van der Waals surface area contributed by atoms with Gasteiger partial charge in [-0.05, 0) is 0 Å². The van der Waals surface area contributed by atoms with Crippen LogP contribution in [0, 0.1) is 0 Å². The summed E-state index contributed by atoms with van der Waals surface area (Å²) < 4.78 is 1.48. The van der Waals surface area contributed by atoms with E-state index in [4.69, 9.17) is 0 Å². The molecule has 0 spiro atoms. The molecule has 1 unspecified atom stereocenters. The zero-order valence-corrected chi connectivity index (χ0v) is 13.6. The standard InChI is InChI=1S/C17H20N2Se/c1-17(2)16(20-15-11-7-4-8-12-15)13-19(18-17)14-9-5-3-6-10-14/h3-12,16,18H,13H2,1-2H3. The van der Waals surface area contributed by atoms with Crippen LogP contribution in [0.5, 0.6) is 0 Å². The van der Waals surface area contributed by atoms with Crippen LogP contribution < -0.4 is 14.9 Å². The van der Waals surface area contributed by atoms with E-state index in [0.29, 0.717) is 19.8 Å². The molecule has 2 nitrogen and oxygen atoms in total. The van der Waals surface area contributed by atoms with E-state index in [2.05, 4.69) is 84.9 Å². The normalized spacial score (nSPS) is 21.1. The topological polar surface area (TPSA) is 15.3 Å². The maximum atomic E-state index is 3.67. The Labute approximate surface area is 127 Å². The fourth-order valence-corrected chi connectivity index (χ4v) is 5.03. The van der Waals surface area contributed by atoms with E-state index in [1.165, 1.54) is 10.1 Å².